The maximum absolute atomic E-state index is 13.0. The van der Waals surface area contributed by atoms with Crippen molar-refractivity contribution < 1.29 is 4.79 Å². The molecule has 3 aromatic rings. The van der Waals surface area contributed by atoms with Crippen LogP contribution in [-0.2, 0) is 6.54 Å². The zero-order valence-corrected chi connectivity index (χ0v) is 17.4. The molecule has 30 heavy (non-hydrogen) atoms. The summed E-state index contributed by atoms with van der Waals surface area (Å²) >= 11 is 0. The molecule has 1 atom stereocenters. The SMILES string of the molecule is Cc1ccccc1C(=O)NC(c1ccccn1)C1CCN(Cc2ccncc2)CC1. The average Bonchev–Trinajstić information content (AvgIpc) is 2.79. The standard InChI is InChI=1S/C25H28N4O/c1-19-6-2-3-7-22(19)25(30)28-24(23-8-4-5-13-27-23)21-11-16-29(17-12-21)18-20-9-14-26-15-10-20/h2-10,13-15,21,24H,11-12,16-18H2,1H3,(H,28,30). The van der Waals surface area contributed by atoms with E-state index >= 15 is 0 Å². The van der Waals surface area contributed by atoms with E-state index in [1.165, 1.54) is 5.56 Å². The molecule has 5 nitrogen and oxygen atoms in total. The molecule has 3 heterocycles. The van der Waals surface area contributed by atoms with Crippen LogP contribution in [0, 0.1) is 12.8 Å². The number of hydrogen-bond acceptors (Lipinski definition) is 4. The van der Waals surface area contributed by atoms with Crippen LogP contribution in [0.15, 0.2) is 73.2 Å². The van der Waals surface area contributed by atoms with Gasteiger partial charge in [0.2, 0.25) is 0 Å². The van der Waals surface area contributed by atoms with E-state index in [9.17, 15) is 4.79 Å². The third kappa shape index (κ3) is 4.92. The van der Waals surface area contributed by atoms with Gasteiger partial charge in [0.1, 0.15) is 0 Å². The Hall–Kier alpha value is -3.05. The summed E-state index contributed by atoms with van der Waals surface area (Å²) in [5, 5.41) is 3.30. The van der Waals surface area contributed by atoms with E-state index in [1.54, 1.807) is 6.20 Å². The molecule has 0 saturated carbocycles. The van der Waals surface area contributed by atoms with E-state index in [-0.39, 0.29) is 11.9 Å². The molecule has 0 aliphatic carbocycles. The van der Waals surface area contributed by atoms with Crippen molar-refractivity contribution in [3.8, 4) is 0 Å². The summed E-state index contributed by atoms with van der Waals surface area (Å²) < 4.78 is 0. The van der Waals surface area contributed by atoms with Crippen LogP contribution in [0.25, 0.3) is 0 Å². The van der Waals surface area contributed by atoms with Gasteiger partial charge in [-0.15, -0.1) is 0 Å². The number of aromatic nitrogens is 2. The molecule has 0 bridgehead atoms. The number of nitrogens with one attached hydrogen (secondary N) is 1. The van der Waals surface area contributed by atoms with E-state index in [4.69, 9.17) is 0 Å². The molecule has 1 aromatic carbocycles. The largest absolute Gasteiger partial charge is 0.343 e. The summed E-state index contributed by atoms with van der Waals surface area (Å²) in [5.41, 5.74) is 3.94. The minimum atomic E-state index is -0.0821. The van der Waals surface area contributed by atoms with Gasteiger partial charge in [-0.25, -0.2) is 0 Å². The van der Waals surface area contributed by atoms with Crippen LogP contribution >= 0.6 is 0 Å². The Morgan fingerprint density at radius 3 is 2.47 bits per heavy atom. The number of carbonyl (C=O) groups excluding carboxylic acids is 1. The first-order chi connectivity index (χ1) is 14.7. The van der Waals surface area contributed by atoms with Gasteiger partial charge in [-0.1, -0.05) is 24.3 Å². The third-order valence-corrected chi connectivity index (χ3v) is 5.94. The zero-order valence-electron chi connectivity index (χ0n) is 17.4. The number of likely N-dealkylation sites (tertiary alicyclic amines) is 1. The summed E-state index contributed by atoms with van der Waals surface area (Å²) in [6.07, 6.45) is 7.56. The van der Waals surface area contributed by atoms with Crippen LogP contribution in [0.3, 0.4) is 0 Å². The van der Waals surface area contributed by atoms with E-state index in [1.807, 2.05) is 61.8 Å². The number of carbonyl (C=O) groups is 1. The van der Waals surface area contributed by atoms with Gasteiger partial charge >= 0.3 is 0 Å². The third-order valence-electron chi connectivity index (χ3n) is 5.94. The zero-order chi connectivity index (χ0) is 20.8. The number of benzene rings is 1. The molecule has 1 saturated heterocycles. The lowest BCUT2D eigenvalue weighted by atomic mass is 9.86. The van der Waals surface area contributed by atoms with E-state index in [0.29, 0.717) is 5.92 Å². The Morgan fingerprint density at radius 2 is 1.77 bits per heavy atom. The second-order valence-corrected chi connectivity index (χ2v) is 7.99. The van der Waals surface area contributed by atoms with Crippen molar-refractivity contribution >= 4 is 5.91 Å². The summed E-state index contributed by atoms with van der Waals surface area (Å²) in [6.45, 7) is 4.94. The molecule has 1 amide bonds. The van der Waals surface area contributed by atoms with Crippen molar-refractivity contribution in [3.05, 3.63) is 95.6 Å². The number of pyridine rings is 2. The lowest BCUT2D eigenvalue weighted by Crippen LogP contribution is -2.41. The van der Waals surface area contributed by atoms with Gasteiger partial charge in [0, 0.05) is 30.7 Å². The van der Waals surface area contributed by atoms with Crippen LogP contribution in [0.5, 0.6) is 0 Å². The molecule has 1 unspecified atom stereocenters. The second kappa shape index (κ2) is 9.63. The molecule has 0 radical (unpaired) electrons. The Balaban J connectivity index is 1.46. The van der Waals surface area contributed by atoms with Gasteiger partial charge in [0.25, 0.3) is 5.91 Å². The lowest BCUT2D eigenvalue weighted by molar-refractivity contribution is 0.0887. The van der Waals surface area contributed by atoms with E-state index < -0.39 is 0 Å². The van der Waals surface area contributed by atoms with Crippen molar-refractivity contribution in [3.63, 3.8) is 0 Å². The van der Waals surface area contributed by atoms with E-state index in [0.717, 1.165) is 49.3 Å². The van der Waals surface area contributed by atoms with Crippen molar-refractivity contribution in [1.29, 1.82) is 0 Å². The Bertz CT molecular complexity index is 953. The topological polar surface area (TPSA) is 58.1 Å². The molecule has 1 fully saturated rings. The molecule has 0 spiro atoms. The van der Waals surface area contributed by atoms with Crippen LogP contribution < -0.4 is 5.32 Å². The normalized spacial score (nSPS) is 16.2. The first-order valence-corrected chi connectivity index (χ1v) is 10.6. The molecular weight excluding hydrogens is 372 g/mol. The molecule has 4 rings (SSSR count). The quantitative estimate of drug-likeness (QED) is 0.675. The van der Waals surface area contributed by atoms with Gasteiger partial charge in [0.15, 0.2) is 0 Å². The first-order valence-electron chi connectivity index (χ1n) is 10.6. The van der Waals surface area contributed by atoms with Gasteiger partial charge in [-0.2, -0.15) is 0 Å². The van der Waals surface area contributed by atoms with Gasteiger partial charge in [-0.05, 0) is 80.2 Å². The fourth-order valence-electron chi connectivity index (χ4n) is 4.23. The smallest absolute Gasteiger partial charge is 0.252 e. The maximum Gasteiger partial charge on any atom is 0.252 e. The highest BCUT2D eigenvalue weighted by molar-refractivity contribution is 5.95. The molecule has 1 N–H and O–H groups in total. The van der Waals surface area contributed by atoms with Crippen molar-refractivity contribution in [1.82, 2.24) is 20.2 Å². The Morgan fingerprint density at radius 1 is 1.03 bits per heavy atom. The summed E-state index contributed by atoms with van der Waals surface area (Å²) in [6, 6.07) is 17.7. The molecule has 2 aromatic heterocycles. The molecular formula is C25H28N4O. The van der Waals surface area contributed by atoms with E-state index in [2.05, 4.69) is 32.3 Å². The first kappa shape index (κ1) is 20.2. The van der Waals surface area contributed by atoms with Crippen LogP contribution in [-0.4, -0.2) is 33.9 Å². The Labute approximate surface area is 178 Å². The number of amides is 1. The molecule has 1 aliphatic rings. The van der Waals surface area contributed by atoms with Gasteiger partial charge < -0.3 is 5.32 Å². The summed E-state index contributed by atoms with van der Waals surface area (Å²) in [7, 11) is 0. The second-order valence-electron chi connectivity index (χ2n) is 7.99. The van der Waals surface area contributed by atoms with Gasteiger partial charge in [0.05, 0.1) is 11.7 Å². The predicted octanol–water partition coefficient (Wildman–Crippen LogP) is 4.17. The highest BCUT2D eigenvalue weighted by Gasteiger charge is 2.30. The van der Waals surface area contributed by atoms with Crippen molar-refractivity contribution in [2.24, 2.45) is 5.92 Å². The van der Waals surface area contributed by atoms with Crippen LogP contribution in [0.4, 0.5) is 0 Å². The summed E-state index contributed by atoms with van der Waals surface area (Å²) in [5.74, 6) is 0.338. The number of piperidine rings is 1. The minimum absolute atomic E-state index is 0.0250. The summed E-state index contributed by atoms with van der Waals surface area (Å²) in [4.78, 5) is 24.2. The van der Waals surface area contributed by atoms with Crippen LogP contribution in [0.2, 0.25) is 0 Å². The number of hydrogen-bond donors (Lipinski definition) is 1. The molecule has 1 aliphatic heterocycles. The highest BCUT2D eigenvalue weighted by Crippen LogP contribution is 2.31. The monoisotopic (exact) mass is 400 g/mol. The van der Waals surface area contributed by atoms with Gasteiger partial charge in [-0.3, -0.25) is 19.7 Å². The van der Waals surface area contributed by atoms with Crippen molar-refractivity contribution in [2.75, 3.05) is 13.1 Å². The highest BCUT2D eigenvalue weighted by atomic mass is 16.1. The minimum Gasteiger partial charge on any atom is -0.343 e. The molecule has 5 heteroatoms. The number of aryl methyl sites for hydroxylation is 1. The molecule has 154 valence electrons. The average molecular weight is 401 g/mol. The van der Waals surface area contributed by atoms with Crippen molar-refractivity contribution in [2.45, 2.75) is 32.4 Å². The fraction of sp³-hybridized carbons (Fsp3) is 0.320. The predicted molar refractivity (Wildman–Crippen MR) is 118 cm³/mol. The lowest BCUT2D eigenvalue weighted by Gasteiger charge is -2.36. The fourth-order valence-corrected chi connectivity index (χ4v) is 4.23. The number of rotatable bonds is 6. The number of nitrogens with zero attached hydrogens (tertiary/aromatic N) is 3. The van der Waals surface area contributed by atoms with Crippen LogP contribution in [0.1, 0.15) is 46.1 Å². The Kier molecular flexibility index (Phi) is 6.50. The maximum atomic E-state index is 13.0.